The highest BCUT2D eigenvalue weighted by Crippen LogP contribution is 2.39. The molecule has 1 aliphatic rings. The number of amides is 1. The minimum atomic E-state index is -0.442. The van der Waals surface area contributed by atoms with Gasteiger partial charge in [-0.2, -0.15) is 0 Å². The van der Waals surface area contributed by atoms with Crippen molar-refractivity contribution >= 4 is 46.2 Å². The van der Waals surface area contributed by atoms with E-state index in [0.717, 1.165) is 25.8 Å². The van der Waals surface area contributed by atoms with Crippen LogP contribution >= 0.6 is 23.2 Å². The number of anilines is 2. The van der Waals surface area contributed by atoms with Gasteiger partial charge in [-0.3, -0.25) is 14.9 Å². The summed E-state index contributed by atoms with van der Waals surface area (Å²) in [5, 5.41) is 14.7. The number of benzene rings is 2. The van der Waals surface area contributed by atoms with Crippen LogP contribution in [0, 0.1) is 10.1 Å². The molecule has 3 rings (SSSR count). The normalized spacial score (nSPS) is 16.9. The van der Waals surface area contributed by atoms with Crippen molar-refractivity contribution in [3.8, 4) is 0 Å². The first-order chi connectivity index (χ1) is 12.9. The Hall–Kier alpha value is -2.31. The molecule has 0 spiro atoms. The van der Waals surface area contributed by atoms with Crippen LogP contribution in [0.25, 0.3) is 0 Å². The van der Waals surface area contributed by atoms with Gasteiger partial charge in [0.15, 0.2) is 0 Å². The van der Waals surface area contributed by atoms with Gasteiger partial charge in [0, 0.05) is 18.7 Å². The van der Waals surface area contributed by atoms with Crippen LogP contribution in [0.3, 0.4) is 0 Å². The van der Waals surface area contributed by atoms with Gasteiger partial charge in [-0.05, 0) is 44.4 Å². The van der Waals surface area contributed by atoms with E-state index in [2.05, 4.69) is 5.32 Å². The number of carbonyl (C=O) groups excluding carboxylic acids is 1. The Labute approximate surface area is 167 Å². The van der Waals surface area contributed by atoms with E-state index in [1.165, 1.54) is 6.07 Å². The van der Waals surface area contributed by atoms with Gasteiger partial charge >= 0.3 is 0 Å². The lowest BCUT2D eigenvalue weighted by Crippen LogP contribution is -2.37. The molecule has 0 aliphatic carbocycles. The minimum Gasteiger partial charge on any atom is -0.363 e. The molecule has 27 heavy (non-hydrogen) atoms. The Balaban J connectivity index is 1.98. The Bertz CT molecular complexity index is 888. The van der Waals surface area contributed by atoms with Gasteiger partial charge in [0.25, 0.3) is 11.6 Å². The third kappa shape index (κ3) is 4.17. The molecule has 0 saturated carbocycles. The van der Waals surface area contributed by atoms with E-state index < -0.39 is 10.8 Å². The molecule has 0 aromatic heterocycles. The Morgan fingerprint density at radius 2 is 1.96 bits per heavy atom. The molecule has 1 atom stereocenters. The van der Waals surface area contributed by atoms with Crippen LogP contribution in [0.2, 0.25) is 10.0 Å². The summed E-state index contributed by atoms with van der Waals surface area (Å²) >= 11 is 12.3. The van der Waals surface area contributed by atoms with E-state index in [1.54, 1.807) is 30.3 Å². The number of carbonyl (C=O) groups is 1. The van der Waals surface area contributed by atoms with Crippen molar-refractivity contribution in [3.63, 3.8) is 0 Å². The lowest BCUT2D eigenvalue weighted by Gasteiger charge is -2.35. The lowest BCUT2D eigenvalue weighted by atomic mass is 10.0. The number of rotatable bonds is 4. The Morgan fingerprint density at radius 1 is 1.22 bits per heavy atom. The number of halogens is 2. The van der Waals surface area contributed by atoms with Gasteiger partial charge in [-0.1, -0.05) is 35.3 Å². The first-order valence-corrected chi connectivity index (χ1v) is 9.44. The van der Waals surface area contributed by atoms with E-state index in [0.29, 0.717) is 22.0 Å². The minimum absolute atomic E-state index is 0.0653. The maximum Gasteiger partial charge on any atom is 0.294 e. The third-order valence-corrected chi connectivity index (χ3v) is 5.38. The summed E-state index contributed by atoms with van der Waals surface area (Å²) in [6.45, 7) is 2.76. The predicted molar refractivity (Wildman–Crippen MR) is 108 cm³/mol. The number of nitrogens with zero attached hydrogens (tertiary/aromatic N) is 2. The average Bonchev–Trinajstić information content (AvgIpc) is 2.63. The van der Waals surface area contributed by atoms with E-state index in [4.69, 9.17) is 23.2 Å². The molecular formula is C19H19Cl2N3O3. The summed E-state index contributed by atoms with van der Waals surface area (Å²) in [5.41, 5.74) is 1.02. The molecule has 0 bridgehead atoms. The van der Waals surface area contributed by atoms with Crippen molar-refractivity contribution in [2.45, 2.75) is 32.2 Å². The van der Waals surface area contributed by atoms with Gasteiger partial charge in [0.05, 0.1) is 26.2 Å². The van der Waals surface area contributed by atoms with Crippen molar-refractivity contribution in [2.24, 2.45) is 0 Å². The maximum atomic E-state index is 12.6. The summed E-state index contributed by atoms with van der Waals surface area (Å²) in [6, 6.07) is 9.70. The van der Waals surface area contributed by atoms with Crippen molar-refractivity contribution in [1.29, 1.82) is 0 Å². The average molecular weight is 408 g/mol. The van der Waals surface area contributed by atoms with Gasteiger partial charge in [-0.15, -0.1) is 0 Å². The molecule has 1 heterocycles. The SMILES string of the molecule is C[C@H]1CCCCN1c1cc(NC(=O)c2ccccc2Cl)c(Cl)cc1[N+](=O)[O-]. The van der Waals surface area contributed by atoms with Gasteiger partial charge in [0.2, 0.25) is 0 Å². The van der Waals surface area contributed by atoms with Crippen molar-refractivity contribution in [2.75, 3.05) is 16.8 Å². The van der Waals surface area contributed by atoms with Gasteiger partial charge in [-0.25, -0.2) is 0 Å². The topological polar surface area (TPSA) is 75.5 Å². The standard InChI is InChI=1S/C19H19Cl2N3O3/c1-12-6-4-5-9-23(12)17-11-16(15(21)10-18(17)24(26)27)22-19(25)13-7-2-3-8-14(13)20/h2-3,7-8,10-12H,4-6,9H2,1H3,(H,22,25)/t12-/m0/s1. The molecule has 8 heteroatoms. The molecule has 0 unspecified atom stereocenters. The molecule has 1 amide bonds. The summed E-state index contributed by atoms with van der Waals surface area (Å²) in [4.78, 5) is 25.7. The fourth-order valence-corrected chi connectivity index (χ4v) is 3.74. The maximum absolute atomic E-state index is 12.6. The highest BCUT2D eigenvalue weighted by Gasteiger charge is 2.27. The van der Waals surface area contributed by atoms with Crippen LogP contribution in [-0.4, -0.2) is 23.4 Å². The quantitative estimate of drug-likeness (QED) is 0.533. The van der Waals surface area contributed by atoms with Crippen LogP contribution in [0.1, 0.15) is 36.5 Å². The molecule has 2 aromatic rings. The van der Waals surface area contributed by atoms with E-state index in [-0.39, 0.29) is 16.8 Å². The zero-order valence-corrected chi connectivity index (χ0v) is 16.3. The van der Waals surface area contributed by atoms with Crippen LogP contribution in [-0.2, 0) is 0 Å². The fourth-order valence-electron chi connectivity index (χ4n) is 3.31. The van der Waals surface area contributed by atoms with Crippen LogP contribution in [0.4, 0.5) is 17.1 Å². The third-order valence-electron chi connectivity index (χ3n) is 4.74. The summed E-state index contributed by atoms with van der Waals surface area (Å²) in [6.07, 6.45) is 3.02. The van der Waals surface area contributed by atoms with Crippen LogP contribution < -0.4 is 10.2 Å². The first kappa shape index (κ1) is 19.5. The predicted octanol–water partition coefficient (Wildman–Crippen LogP) is 5.53. The second-order valence-corrected chi connectivity index (χ2v) is 7.36. The molecule has 1 N–H and O–H groups in total. The highest BCUT2D eigenvalue weighted by atomic mass is 35.5. The molecule has 1 fully saturated rings. The number of nitrogens with one attached hydrogen (secondary N) is 1. The Kier molecular flexibility index (Phi) is 5.87. The molecule has 0 radical (unpaired) electrons. The number of nitro benzene ring substituents is 1. The van der Waals surface area contributed by atoms with E-state index in [1.807, 2.05) is 11.8 Å². The zero-order chi connectivity index (χ0) is 19.6. The molecule has 1 aliphatic heterocycles. The molecule has 142 valence electrons. The summed E-state index contributed by atoms with van der Waals surface area (Å²) < 4.78 is 0. The van der Waals surface area contributed by atoms with Crippen molar-refractivity contribution in [1.82, 2.24) is 0 Å². The second kappa shape index (κ2) is 8.15. The number of hydrogen-bond donors (Lipinski definition) is 1. The second-order valence-electron chi connectivity index (χ2n) is 6.55. The Morgan fingerprint density at radius 3 is 2.63 bits per heavy atom. The van der Waals surface area contributed by atoms with Crippen LogP contribution in [0.5, 0.6) is 0 Å². The molecular weight excluding hydrogens is 389 g/mol. The molecule has 6 nitrogen and oxygen atoms in total. The van der Waals surface area contributed by atoms with Crippen LogP contribution in [0.15, 0.2) is 36.4 Å². The van der Waals surface area contributed by atoms with E-state index >= 15 is 0 Å². The number of nitro groups is 1. The van der Waals surface area contributed by atoms with Gasteiger partial charge in [0.1, 0.15) is 5.69 Å². The van der Waals surface area contributed by atoms with Crippen molar-refractivity contribution < 1.29 is 9.72 Å². The van der Waals surface area contributed by atoms with Gasteiger partial charge < -0.3 is 10.2 Å². The largest absolute Gasteiger partial charge is 0.363 e. The molecule has 2 aromatic carbocycles. The monoisotopic (exact) mass is 407 g/mol. The summed E-state index contributed by atoms with van der Waals surface area (Å²) in [5.74, 6) is -0.422. The zero-order valence-electron chi connectivity index (χ0n) is 14.7. The highest BCUT2D eigenvalue weighted by molar-refractivity contribution is 6.36. The van der Waals surface area contributed by atoms with Crippen molar-refractivity contribution in [3.05, 3.63) is 62.1 Å². The summed E-state index contributed by atoms with van der Waals surface area (Å²) in [7, 11) is 0. The number of piperidine rings is 1. The molecule has 1 saturated heterocycles. The smallest absolute Gasteiger partial charge is 0.294 e. The van der Waals surface area contributed by atoms with E-state index in [9.17, 15) is 14.9 Å². The lowest BCUT2D eigenvalue weighted by molar-refractivity contribution is -0.384. The fraction of sp³-hybridized carbons (Fsp3) is 0.316. The first-order valence-electron chi connectivity index (χ1n) is 8.69. The number of hydrogen-bond acceptors (Lipinski definition) is 4.